The zero-order chi connectivity index (χ0) is 15.0. The smallest absolute Gasteiger partial charge is 0.257 e. The number of carbonyl (C=O) groups excluding carboxylic acids is 1. The highest BCUT2D eigenvalue weighted by molar-refractivity contribution is 6.06. The van der Waals surface area contributed by atoms with E-state index in [0.29, 0.717) is 5.56 Å². The molecule has 0 fully saturated rings. The molecule has 0 unspecified atom stereocenters. The summed E-state index contributed by atoms with van der Waals surface area (Å²) >= 11 is 0. The lowest BCUT2D eigenvalue weighted by Gasteiger charge is -2.08. The minimum atomic E-state index is -0.165. The van der Waals surface area contributed by atoms with Gasteiger partial charge in [-0.3, -0.25) is 9.48 Å². The second kappa shape index (κ2) is 5.01. The normalized spacial score (nSPS) is 10.8. The number of para-hydroxylation sites is 1. The lowest BCUT2D eigenvalue weighted by atomic mass is 10.1. The maximum Gasteiger partial charge on any atom is 0.257 e. The molecule has 3 rings (SSSR count). The first-order valence-corrected chi connectivity index (χ1v) is 6.72. The first-order valence-electron chi connectivity index (χ1n) is 6.72. The SMILES string of the molecule is Cc1ccccc1NC(=O)c1cnc2c(c1)c(C)nn2C. The number of fused-ring (bicyclic) bond motifs is 1. The Morgan fingerprint density at radius 3 is 2.76 bits per heavy atom. The molecular weight excluding hydrogens is 264 g/mol. The highest BCUT2D eigenvalue weighted by Crippen LogP contribution is 2.18. The van der Waals surface area contributed by atoms with Crippen molar-refractivity contribution in [2.24, 2.45) is 7.05 Å². The van der Waals surface area contributed by atoms with Crippen molar-refractivity contribution in [1.82, 2.24) is 14.8 Å². The number of amides is 1. The van der Waals surface area contributed by atoms with Crippen LogP contribution in [-0.2, 0) is 7.05 Å². The molecule has 5 heteroatoms. The minimum absolute atomic E-state index is 0.165. The largest absolute Gasteiger partial charge is 0.322 e. The Balaban J connectivity index is 1.95. The minimum Gasteiger partial charge on any atom is -0.322 e. The van der Waals surface area contributed by atoms with Crippen LogP contribution >= 0.6 is 0 Å². The number of carbonyl (C=O) groups is 1. The van der Waals surface area contributed by atoms with Crippen LogP contribution < -0.4 is 5.32 Å². The molecule has 21 heavy (non-hydrogen) atoms. The maximum absolute atomic E-state index is 12.3. The third-order valence-corrected chi connectivity index (χ3v) is 3.52. The first kappa shape index (κ1) is 13.3. The maximum atomic E-state index is 12.3. The first-order chi connectivity index (χ1) is 10.1. The molecule has 0 saturated carbocycles. The van der Waals surface area contributed by atoms with Crippen molar-refractivity contribution < 1.29 is 4.79 Å². The molecule has 0 spiro atoms. The summed E-state index contributed by atoms with van der Waals surface area (Å²) in [5, 5.41) is 8.12. The average Bonchev–Trinajstić information content (AvgIpc) is 2.76. The van der Waals surface area contributed by atoms with E-state index in [1.165, 1.54) is 0 Å². The van der Waals surface area contributed by atoms with Crippen molar-refractivity contribution in [1.29, 1.82) is 0 Å². The van der Waals surface area contributed by atoms with Gasteiger partial charge in [-0.1, -0.05) is 18.2 Å². The molecule has 0 aliphatic rings. The highest BCUT2D eigenvalue weighted by atomic mass is 16.1. The van der Waals surface area contributed by atoms with Crippen LogP contribution in [0.5, 0.6) is 0 Å². The quantitative estimate of drug-likeness (QED) is 0.785. The molecule has 3 aromatic rings. The molecule has 0 aliphatic carbocycles. The highest BCUT2D eigenvalue weighted by Gasteiger charge is 2.12. The van der Waals surface area contributed by atoms with E-state index in [-0.39, 0.29) is 5.91 Å². The fourth-order valence-corrected chi connectivity index (χ4v) is 2.34. The number of aromatic nitrogens is 3. The van der Waals surface area contributed by atoms with Gasteiger partial charge in [0.2, 0.25) is 0 Å². The third-order valence-electron chi connectivity index (χ3n) is 3.52. The zero-order valence-electron chi connectivity index (χ0n) is 12.2. The number of hydrogen-bond acceptors (Lipinski definition) is 3. The Hall–Kier alpha value is -2.69. The van der Waals surface area contributed by atoms with Crippen LogP contribution in [0.1, 0.15) is 21.6 Å². The van der Waals surface area contributed by atoms with E-state index in [0.717, 1.165) is 28.0 Å². The summed E-state index contributed by atoms with van der Waals surface area (Å²) in [6, 6.07) is 9.52. The molecule has 106 valence electrons. The van der Waals surface area contributed by atoms with Crippen molar-refractivity contribution in [2.75, 3.05) is 5.32 Å². The number of benzene rings is 1. The molecule has 2 aromatic heterocycles. The van der Waals surface area contributed by atoms with E-state index < -0.39 is 0 Å². The number of aryl methyl sites for hydroxylation is 3. The summed E-state index contributed by atoms with van der Waals surface area (Å²) in [7, 11) is 1.84. The van der Waals surface area contributed by atoms with E-state index in [4.69, 9.17) is 0 Å². The van der Waals surface area contributed by atoms with Gasteiger partial charge in [-0.15, -0.1) is 0 Å². The van der Waals surface area contributed by atoms with Gasteiger partial charge in [0.15, 0.2) is 5.65 Å². The van der Waals surface area contributed by atoms with Crippen LogP contribution in [0.4, 0.5) is 5.69 Å². The molecule has 2 heterocycles. The van der Waals surface area contributed by atoms with Crippen LogP contribution in [0, 0.1) is 13.8 Å². The van der Waals surface area contributed by atoms with Gasteiger partial charge in [0.05, 0.1) is 11.3 Å². The lowest BCUT2D eigenvalue weighted by Crippen LogP contribution is -2.13. The Morgan fingerprint density at radius 1 is 1.24 bits per heavy atom. The van der Waals surface area contributed by atoms with Gasteiger partial charge in [0.25, 0.3) is 5.91 Å². The Morgan fingerprint density at radius 2 is 2.00 bits per heavy atom. The zero-order valence-corrected chi connectivity index (χ0v) is 12.2. The second-order valence-electron chi connectivity index (χ2n) is 5.07. The fourth-order valence-electron chi connectivity index (χ4n) is 2.34. The number of pyridine rings is 1. The van der Waals surface area contributed by atoms with Crippen LogP contribution in [-0.4, -0.2) is 20.7 Å². The average molecular weight is 280 g/mol. The van der Waals surface area contributed by atoms with Crippen LogP contribution in [0.2, 0.25) is 0 Å². The molecule has 1 N–H and O–H groups in total. The van der Waals surface area contributed by atoms with E-state index in [1.54, 1.807) is 10.9 Å². The standard InChI is InChI=1S/C16H16N4O/c1-10-6-4-5-7-14(10)18-16(21)12-8-13-11(2)19-20(3)15(13)17-9-12/h4-9H,1-3H3,(H,18,21). The van der Waals surface area contributed by atoms with Crippen LogP contribution in [0.25, 0.3) is 11.0 Å². The molecule has 0 bridgehead atoms. The molecule has 0 radical (unpaired) electrons. The van der Waals surface area contributed by atoms with Crippen molar-refractivity contribution in [3.8, 4) is 0 Å². The van der Waals surface area contributed by atoms with Gasteiger partial charge in [-0.05, 0) is 31.5 Å². The van der Waals surface area contributed by atoms with E-state index in [1.807, 2.05) is 51.2 Å². The molecule has 0 saturated heterocycles. The van der Waals surface area contributed by atoms with Gasteiger partial charge < -0.3 is 5.32 Å². The summed E-state index contributed by atoms with van der Waals surface area (Å²) < 4.78 is 1.72. The summed E-state index contributed by atoms with van der Waals surface area (Å²) in [6.07, 6.45) is 1.58. The van der Waals surface area contributed by atoms with Crippen molar-refractivity contribution >= 4 is 22.6 Å². The van der Waals surface area contributed by atoms with Gasteiger partial charge in [0, 0.05) is 24.3 Å². The monoisotopic (exact) mass is 280 g/mol. The molecule has 5 nitrogen and oxygen atoms in total. The van der Waals surface area contributed by atoms with E-state index in [2.05, 4.69) is 15.4 Å². The number of rotatable bonds is 2. The predicted octanol–water partition coefficient (Wildman–Crippen LogP) is 2.84. The molecule has 1 amide bonds. The summed E-state index contributed by atoms with van der Waals surface area (Å²) in [6.45, 7) is 3.87. The van der Waals surface area contributed by atoms with Gasteiger partial charge >= 0.3 is 0 Å². The summed E-state index contributed by atoms with van der Waals surface area (Å²) in [5.41, 5.74) is 4.01. The predicted molar refractivity (Wildman–Crippen MR) is 82.4 cm³/mol. The molecular formula is C16H16N4O. The lowest BCUT2D eigenvalue weighted by molar-refractivity contribution is 0.102. The Bertz CT molecular complexity index is 835. The number of hydrogen-bond donors (Lipinski definition) is 1. The topological polar surface area (TPSA) is 59.8 Å². The van der Waals surface area contributed by atoms with Gasteiger partial charge in [0.1, 0.15) is 0 Å². The molecule has 0 atom stereocenters. The van der Waals surface area contributed by atoms with Crippen molar-refractivity contribution in [3.63, 3.8) is 0 Å². The van der Waals surface area contributed by atoms with Crippen molar-refractivity contribution in [3.05, 3.63) is 53.3 Å². The molecule has 0 aliphatic heterocycles. The summed E-state index contributed by atoms with van der Waals surface area (Å²) in [5.74, 6) is -0.165. The fraction of sp³-hybridized carbons (Fsp3) is 0.188. The van der Waals surface area contributed by atoms with E-state index >= 15 is 0 Å². The molecule has 1 aromatic carbocycles. The second-order valence-corrected chi connectivity index (χ2v) is 5.07. The Labute approximate surface area is 122 Å². The number of nitrogens with zero attached hydrogens (tertiary/aromatic N) is 3. The van der Waals surface area contributed by atoms with Gasteiger partial charge in [-0.25, -0.2) is 4.98 Å². The Kier molecular flexibility index (Phi) is 3.17. The summed E-state index contributed by atoms with van der Waals surface area (Å²) in [4.78, 5) is 16.7. The van der Waals surface area contributed by atoms with E-state index in [9.17, 15) is 4.79 Å². The van der Waals surface area contributed by atoms with Crippen LogP contribution in [0.3, 0.4) is 0 Å². The van der Waals surface area contributed by atoms with Crippen molar-refractivity contribution in [2.45, 2.75) is 13.8 Å². The van der Waals surface area contributed by atoms with Gasteiger partial charge in [-0.2, -0.15) is 5.10 Å². The third kappa shape index (κ3) is 2.38. The number of nitrogens with one attached hydrogen (secondary N) is 1. The number of anilines is 1. The van der Waals surface area contributed by atoms with Crippen LogP contribution in [0.15, 0.2) is 36.5 Å².